The van der Waals surface area contributed by atoms with Gasteiger partial charge >= 0.3 is 5.97 Å². The van der Waals surface area contributed by atoms with Crippen molar-refractivity contribution in [2.24, 2.45) is 0 Å². The van der Waals surface area contributed by atoms with E-state index in [1.165, 1.54) is 21.5 Å². The molecule has 2 nitrogen and oxygen atoms in total. The molecule has 3 aromatic carbocycles. The van der Waals surface area contributed by atoms with Crippen LogP contribution < -0.4 is 15.9 Å². The lowest BCUT2D eigenvalue weighted by Gasteiger charge is -2.22. The summed E-state index contributed by atoms with van der Waals surface area (Å²) < 4.78 is 0. The van der Waals surface area contributed by atoms with E-state index in [0.29, 0.717) is 0 Å². The molecule has 0 heterocycles. The summed E-state index contributed by atoms with van der Waals surface area (Å²) >= 11 is 0. The number of benzene rings is 3. The number of hydrogen-bond acceptors (Lipinski definition) is 1. The predicted molar refractivity (Wildman–Crippen MR) is 121 cm³/mol. The third-order valence-corrected chi connectivity index (χ3v) is 6.90. The fraction of sp³-hybridized carbons (Fsp3) is 0.174. The molecule has 0 aliphatic carbocycles. The molecule has 0 amide bonds. The van der Waals surface area contributed by atoms with Crippen LogP contribution in [-0.4, -0.2) is 11.1 Å². The molecule has 0 atom stereocenters. The molecular weight excluding hydrogens is 419 g/mol. The van der Waals surface area contributed by atoms with Crippen molar-refractivity contribution < 1.29 is 9.90 Å². The Hall–Kier alpha value is -1.96. The Balaban J connectivity index is 0.00000261. The van der Waals surface area contributed by atoms with E-state index in [1.807, 2.05) is 0 Å². The first-order valence-corrected chi connectivity index (χ1v) is 10.3. The molecule has 0 saturated heterocycles. The van der Waals surface area contributed by atoms with E-state index >= 15 is 0 Å². The van der Waals surface area contributed by atoms with Crippen molar-refractivity contribution in [3.05, 3.63) is 90.5 Å². The SMILES string of the molecule is Br.O=C(O)CCCCc1ccccc1P(c1ccccc1)c1ccccc1. The van der Waals surface area contributed by atoms with Gasteiger partial charge in [-0.05, 0) is 48.7 Å². The van der Waals surface area contributed by atoms with E-state index in [1.54, 1.807) is 0 Å². The zero-order valence-electron chi connectivity index (χ0n) is 15.1. The Labute approximate surface area is 172 Å². The highest BCUT2D eigenvalue weighted by Gasteiger charge is 2.18. The summed E-state index contributed by atoms with van der Waals surface area (Å²) in [7, 11) is -0.616. The molecule has 3 rings (SSSR count). The lowest BCUT2D eigenvalue weighted by Crippen LogP contribution is -2.23. The van der Waals surface area contributed by atoms with Crippen molar-refractivity contribution in [3.8, 4) is 0 Å². The molecular formula is C23H24BrO2P. The normalized spacial score (nSPS) is 10.4. The quantitative estimate of drug-likeness (QED) is 0.401. The van der Waals surface area contributed by atoms with E-state index in [4.69, 9.17) is 5.11 Å². The second-order valence-electron chi connectivity index (χ2n) is 6.24. The van der Waals surface area contributed by atoms with Crippen LogP contribution in [0, 0.1) is 0 Å². The van der Waals surface area contributed by atoms with Crippen molar-refractivity contribution >= 4 is 46.8 Å². The fourth-order valence-electron chi connectivity index (χ4n) is 3.11. The van der Waals surface area contributed by atoms with Crippen LogP contribution >= 0.6 is 24.9 Å². The van der Waals surface area contributed by atoms with Crippen molar-refractivity contribution in [1.29, 1.82) is 0 Å². The summed E-state index contributed by atoms with van der Waals surface area (Å²) in [5.41, 5.74) is 1.33. The number of aliphatic carboxylic acids is 1. The molecule has 1 N–H and O–H groups in total. The average molecular weight is 443 g/mol. The number of aryl methyl sites for hydroxylation is 1. The minimum absolute atomic E-state index is 0. The maximum Gasteiger partial charge on any atom is 0.303 e. The summed E-state index contributed by atoms with van der Waals surface area (Å²) in [6.07, 6.45) is 2.78. The Morgan fingerprint density at radius 1 is 0.741 bits per heavy atom. The third kappa shape index (κ3) is 6.02. The molecule has 0 bridgehead atoms. The molecule has 0 radical (unpaired) electrons. The first kappa shape index (κ1) is 21.3. The van der Waals surface area contributed by atoms with E-state index in [0.717, 1.165) is 19.3 Å². The zero-order chi connectivity index (χ0) is 18.2. The minimum atomic E-state index is -0.714. The van der Waals surface area contributed by atoms with Crippen LogP contribution in [0.4, 0.5) is 0 Å². The lowest BCUT2D eigenvalue weighted by molar-refractivity contribution is -0.137. The smallest absolute Gasteiger partial charge is 0.303 e. The fourth-order valence-corrected chi connectivity index (χ4v) is 5.62. The summed E-state index contributed by atoms with van der Waals surface area (Å²) in [6.45, 7) is 0. The molecule has 0 fully saturated rings. The number of unbranched alkanes of at least 4 members (excludes halogenated alkanes) is 1. The van der Waals surface area contributed by atoms with Gasteiger partial charge in [0.25, 0.3) is 0 Å². The van der Waals surface area contributed by atoms with Crippen LogP contribution in [0.1, 0.15) is 24.8 Å². The number of carboxylic acid groups (broad SMARTS) is 1. The van der Waals surface area contributed by atoms with Gasteiger partial charge in [-0.2, -0.15) is 0 Å². The van der Waals surface area contributed by atoms with Crippen LogP contribution in [0.5, 0.6) is 0 Å². The van der Waals surface area contributed by atoms with Gasteiger partial charge in [0.1, 0.15) is 0 Å². The number of hydrogen-bond donors (Lipinski definition) is 1. The average Bonchev–Trinajstić information content (AvgIpc) is 2.68. The Bertz CT molecular complexity index is 798. The molecule has 4 heteroatoms. The monoisotopic (exact) mass is 442 g/mol. The summed E-state index contributed by atoms with van der Waals surface area (Å²) in [6, 6.07) is 30.0. The maximum atomic E-state index is 10.8. The predicted octanol–water partition coefficient (Wildman–Crippen LogP) is 4.82. The number of carboxylic acids is 1. The van der Waals surface area contributed by atoms with Crippen LogP contribution in [0.2, 0.25) is 0 Å². The molecule has 0 aliphatic rings. The van der Waals surface area contributed by atoms with Gasteiger partial charge in [-0.25, -0.2) is 0 Å². The van der Waals surface area contributed by atoms with Crippen molar-refractivity contribution in [3.63, 3.8) is 0 Å². The number of carbonyl (C=O) groups is 1. The highest BCUT2D eigenvalue weighted by molar-refractivity contribution is 8.93. The lowest BCUT2D eigenvalue weighted by atomic mass is 10.1. The third-order valence-electron chi connectivity index (χ3n) is 4.35. The van der Waals surface area contributed by atoms with Gasteiger partial charge in [-0.3, -0.25) is 4.79 Å². The second kappa shape index (κ2) is 11.0. The Morgan fingerprint density at radius 2 is 1.26 bits per heavy atom. The first-order valence-electron chi connectivity index (χ1n) is 8.95. The maximum absolute atomic E-state index is 10.8. The van der Waals surface area contributed by atoms with E-state index in [9.17, 15) is 4.79 Å². The molecule has 3 aromatic rings. The van der Waals surface area contributed by atoms with Crippen molar-refractivity contribution in [2.75, 3.05) is 0 Å². The van der Waals surface area contributed by atoms with Crippen LogP contribution in [0.25, 0.3) is 0 Å². The molecule has 0 spiro atoms. The highest BCUT2D eigenvalue weighted by Crippen LogP contribution is 2.34. The van der Waals surface area contributed by atoms with Crippen LogP contribution in [0.15, 0.2) is 84.9 Å². The van der Waals surface area contributed by atoms with Gasteiger partial charge in [-0.1, -0.05) is 84.9 Å². The van der Waals surface area contributed by atoms with E-state index < -0.39 is 13.9 Å². The van der Waals surface area contributed by atoms with Gasteiger partial charge in [-0.15, -0.1) is 17.0 Å². The van der Waals surface area contributed by atoms with Crippen molar-refractivity contribution in [2.45, 2.75) is 25.7 Å². The van der Waals surface area contributed by atoms with E-state index in [-0.39, 0.29) is 23.4 Å². The topological polar surface area (TPSA) is 37.3 Å². The Morgan fingerprint density at radius 3 is 1.81 bits per heavy atom. The van der Waals surface area contributed by atoms with Gasteiger partial charge in [0.2, 0.25) is 0 Å². The highest BCUT2D eigenvalue weighted by atomic mass is 79.9. The summed E-state index contributed by atoms with van der Waals surface area (Å²) in [5.74, 6) is -0.714. The first-order chi connectivity index (χ1) is 12.8. The number of rotatable bonds is 8. The Kier molecular flexibility index (Phi) is 8.71. The van der Waals surface area contributed by atoms with Gasteiger partial charge in [0, 0.05) is 6.42 Å². The van der Waals surface area contributed by atoms with E-state index in [2.05, 4.69) is 84.9 Å². The molecule has 0 aromatic heterocycles. The molecule has 0 aliphatic heterocycles. The number of halogens is 1. The van der Waals surface area contributed by atoms with Gasteiger partial charge in [0.15, 0.2) is 0 Å². The zero-order valence-corrected chi connectivity index (χ0v) is 17.7. The molecule has 0 saturated carbocycles. The molecule has 140 valence electrons. The summed E-state index contributed by atoms with van der Waals surface area (Å²) in [4.78, 5) is 10.8. The standard InChI is InChI=1S/C23H23O2P.BrH/c24-23(25)18-10-8-12-19-11-7-9-17-22(19)26(20-13-3-1-4-14-20)21-15-5-2-6-16-21;/h1-7,9,11,13-17H,8,10,12,18H2,(H,24,25);1H. The second-order valence-corrected chi connectivity index (χ2v) is 8.42. The van der Waals surface area contributed by atoms with Gasteiger partial charge < -0.3 is 5.11 Å². The largest absolute Gasteiger partial charge is 0.481 e. The van der Waals surface area contributed by atoms with Crippen LogP contribution in [0.3, 0.4) is 0 Å². The molecule has 27 heavy (non-hydrogen) atoms. The summed E-state index contributed by atoms with van der Waals surface area (Å²) in [5, 5.41) is 12.9. The molecule has 0 unspecified atom stereocenters. The minimum Gasteiger partial charge on any atom is -0.481 e. The van der Waals surface area contributed by atoms with Crippen molar-refractivity contribution in [1.82, 2.24) is 0 Å². The van der Waals surface area contributed by atoms with Gasteiger partial charge in [0.05, 0.1) is 0 Å². The van der Waals surface area contributed by atoms with Crippen LogP contribution in [-0.2, 0) is 11.2 Å².